The number of carbonyl (C=O) groups excluding carboxylic acids is 1. The first-order valence-corrected chi connectivity index (χ1v) is 8.50. The molecule has 1 saturated carbocycles. The largest absolute Gasteiger partial charge is 0.348 e. The summed E-state index contributed by atoms with van der Waals surface area (Å²) in [7, 11) is 0. The van der Waals surface area contributed by atoms with E-state index in [9.17, 15) is 4.79 Å². The first-order chi connectivity index (χ1) is 10.6. The molecule has 0 spiro atoms. The molecule has 120 valence electrons. The maximum absolute atomic E-state index is 12.6. The van der Waals surface area contributed by atoms with Crippen LogP contribution in [0, 0.1) is 11.8 Å². The van der Waals surface area contributed by atoms with Gasteiger partial charge in [-0.15, -0.1) is 0 Å². The minimum atomic E-state index is -0.117. The molecular formula is C18H27N3O. The smallest absolute Gasteiger partial charge is 0.239 e. The van der Waals surface area contributed by atoms with Crippen molar-refractivity contribution < 1.29 is 4.79 Å². The van der Waals surface area contributed by atoms with Crippen molar-refractivity contribution in [3.8, 4) is 0 Å². The first-order valence-electron chi connectivity index (χ1n) is 8.50. The molecule has 1 amide bonds. The fourth-order valence-electron chi connectivity index (χ4n) is 3.33. The van der Waals surface area contributed by atoms with Gasteiger partial charge < -0.3 is 5.32 Å². The minimum absolute atomic E-state index is 0.117. The zero-order valence-corrected chi connectivity index (χ0v) is 13.5. The molecule has 2 aliphatic rings. The van der Waals surface area contributed by atoms with Gasteiger partial charge in [-0.05, 0) is 43.1 Å². The molecule has 0 aromatic heterocycles. The molecule has 4 nitrogen and oxygen atoms in total. The summed E-state index contributed by atoms with van der Waals surface area (Å²) < 4.78 is 0. The van der Waals surface area contributed by atoms with E-state index in [0.29, 0.717) is 17.9 Å². The van der Waals surface area contributed by atoms with Crippen LogP contribution in [-0.4, -0.2) is 18.0 Å². The number of hydrogen-bond donors (Lipinski definition) is 3. The maximum Gasteiger partial charge on any atom is 0.239 e. The molecule has 1 aromatic rings. The molecule has 3 atom stereocenters. The van der Waals surface area contributed by atoms with Gasteiger partial charge in [0.15, 0.2) is 0 Å². The molecule has 1 aliphatic carbocycles. The van der Waals surface area contributed by atoms with Gasteiger partial charge in [0.05, 0.1) is 6.04 Å². The minimum Gasteiger partial charge on any atom is -0.348 e. The van der Waals surface area contributed by atoms with E-state index in [4.69, 9.17) is 0 Å². The van der Waals surface area contributed by atoms with Crippen LogP contribution in [0.1, 0.15) is 51.1 Å². The highest BCUT2D eigenvalue weighted by atomic mass is 16.2. The Morgan fingerprint density at radius 1 is 1.23 bits per heavy atom. The van der Waals surface area contributed by atoms with E-state index >= 15 is 0 Å². The van der Waals surface area contributed by atoms with Crippen LogP contribution in [-0.2, 0) is 4.79 Å². The van der Waals surface area contributed by atoms with Gasteiger partial charge in [0.2, 0.25) is 5.91 Å². The molecule has 3 rings (SSSR count). The lowest BCUT2D eigenvalue weighted by molar-refractivity contribution is -0.123. The average molecular weight is 301 g/mol. The van der Waals surface area contributed by atoms with Crippen molar-refractivity contribution in [1.29, 1.82) is 0 Å². The van der Waals surface area contributed by atoms with E-state index in [1.807, 2.05) is 18.2 Å². The summed E-state index contributed by atoms with van der Waals surface area (Å²) in [6.07, 6.45) is 4.40. The van der Waals surface area contributed by atoms with Crippen LogP contribution in [0.25, 0.3) is 0 Å². The van der Waals surface area contributed by atoms with Crippen molar-refractivity contribution in [2.75, 3.05) is 0 Å². The molecule has 3 N–H and O–H groups in total. The predicted molar refractivity (Wildman–Crippen MR) is 88.0 cm³/mol. The third kappa shape index (κ3) is 3.87. The molecule has 0 bridgehead atoms. The second kappa shape index (κ2) is 6.80. The Morgan fingerprint density at radius 2 is 1.95 bits per heavy atom. The van der Waals surface area contributed by atoms with Gasteiger partial charge in [-0.2, -0.15) is 0 Å². The van der Waals surface area contributed by atoms with Crippen LogP contribution in [0.5, 0.6) is 0 Å². The molecule has 0 radical (unpaired) electrons. The molecular weight excluding hydrogens is 274 g/mol. The lowest BCUT2D eigenvalue weighted by Crippen LogP contribution is -2.45. The van der Waals surface area contributed by atoms with Gasteiger partial charge in [-0.3, -0.25) is 10.2 Å². The summed E-state index contributed by atoms with van der Waals surface area (Å²) in [6.45, 7) is 4.43. The van der Waals surface area contributed by atoms with Gasteiger partial charge in [0, 0.05) is 6.04 Å². The fourth-order valence-corrected chi connectivity index (χ4v) is 3.33. The van der Waals surface area contributed by atoms with Crippen molar-refractivity contribution in [3.05, 3.63) is 35.9 Å². The number of hydrazine groups is 1. The Balaban J connectivity index is 1.58. The quantitative estimate of drug-likeness (QED) is 0.757. The van der Waals surface area contributed by atoms with E-state index in [1.54, 1.807) is 0 Å². The molecule has 3 unspecified atom stereocenters. The van der Waals surface area contributed by atoms with Gasteiger partial charge >= 0.3 is 0 Å². The van der Waals surface area contributed by atoms with Crippen molar-refractivity contribution in [2.45, 2.75) is 57.7 Å². The summed E-state index contributed by atoms with van der Waals surface area (Å²) >= 11 is 0. The lowest BCUT2D eigenvalue weighted by atomic mass is 9.98. The Bertz CT molecular complexity index is 498. The SMILES string of the molecule is CC(C)CC1CC(C(=O)NC(c2ccccc2)C2CC2)NN1. The van der Waals surface area contributed by atoms with Crippen LogP contribution in [0.4, 0.5) is 0 Å². The topological polar surface area (TPSA) is 53.2 Å². The Hall–Kier alpha value is -1.39. The predicted octanol–water partition coefficient (Wildman–Crippen LogP) is 2.54. The van der Waals surface area contributed by atoms with E-state index < -0.39 is 0 Å². The van der Waals surface area contributed by atoms with Gasteiger partial charge in [0.25, 0.3) is 0 Å². The fraction of sp³-hybridized carbons (Fsp3) is 0.611. The van der Waals surface area contributed by atoms with E-state index in [2.05, 4.69) is 42.1 Å². The molecule has 4 heteroatoms. The van der Waals surface area contributed by atoms with E-state index in [1.165, 1.54) is 18.4 Å². The van der Waals surface area contributed by atoms with Crippen molar-refractivity contribution in [3.63, 3.8) is 0 Å². The van der Waals surface area contributed by atoms with Crippen molar-refractivity contribution in [2.24, 2.45) is 11.8 Å². The summed E-state index contributed by atoms with van der Waals surface area (Å²) in [5, 5.41) is 3.27. The first kappa shape index (κ1) is 15.5. The number of hydrogen-bond acceptors (Lipinski definition) is 3. The number of benzene rings is 1. The molecule has 1 saturated heterocycles. The Morgan fingerprint density at radius 3 is 2.59 bits per heavy atom. The Labute approximate surface area is 133 Å². The Kier molecular flexibility index (Phi) is 4.79. The number of rotatable bonds is 6. The van der Waals surface area contributed by atoms with E-state index in [-0.39, 0.29) is 18.0 Å². The van der Waals surface area contributed by atoms with Crippen LogP contribution in [0.15, 0.2) is 30.3 Å². The van der Waals surface area contributed by atoms with Gasteiger partial charge in [-0.25, -0.2) is 5.43 Å². The van der Waals surface area contributed by atoms with E-state index in [0.717, 1.165) is 12.8 Å². The third-order valence-electron chi connectivity index (χ3n) is 4.60. The van der Waals surface area contributed by atoms with Gasteiger partial charge in [-0.1, -0.05) is 44.2 Å². The van der Waals surface area contributed by atoms with Crippen molar-refractivity contribution >= 4 is 5.91 Å². The summed E-state index contributed by atoms with van der Waals surface area (Å²) in [5.41, 5.74) is 7.66. The highest BCUT2D eigenvalue weighted by Crippen LogP contribution is 2.41. The van der Waals surface area contributed by atoms with Crippen LogP contribution < -0.4 is 16.2 Å². The van der Waals surface area contributed by atoms with Gasteiger partial charge in [0.1, 0.15) is 6.04 Å². The molecule has 1 heterocycles. The maximum atomic E-state index is 12.6. The lowest BCUT2D eigenvalue weighted by Gasteiger charge is -2.21. The normalized spacial score (nSPS) is 26.1. The number of amides is 1. The standard InChI is InChI=1S/C18H27N3O/c1-12(2)10-15-11-16(21-20-15)18(22)19-17(14-8-9-14)13-6-4-3-5-7-13/h3-7,12,14-17,20-21H,8-11H2,1-2H3,(H,19,22). The summed E-state index contributed by atoms with van der Waals surface area (Å²) in [6, 6.07) is 10.8. The summed E-state index contributed by atoms with van der Waals surface area (Å²) in [5.74, 6) is 1.37. The summed E-state index contributed by atoms with van der Waals surface area (Å²) in [4.78, 5) is 12.6. The molecule has 1 aliphatic heterocycles. The molecule has 2 fully saturated rings. The highest BCUT2D eigenvalue weighted by Gasteiger charge is 2.36. The third-order valence-corrected chi connectivity index (χ3v) is 4.60. The second-order valence-corrected chi connectivity index (χ2v) is 7.14. The average Bonchev–Trinajstić information content (AvgIpc) is 3.24. The van der Waals surface area contributed by atoms with Crippen molar-refractivity contribution in [1.82, 2.24) is 16.2 Å². The highest BCUT2D eigenvalue weighted by molar-refractivity contribution is 5.82. The number of carbonyl (C=O) groups is 1. The monoisotopic (exact) mass is 301 g/mol. The molecule has 22 heavy (non-hydrogen) atoms. The zero-order chi connectivity index (χ0) is 15.5. The van der Waals surface area contributed by atoms with Crippen LogP contribution in [0.3, 0.4) is 0 Å². The zero-order valence-electron chi connectivity index (χ0n) is 13.5. The van der Waals surface area contributed by atoms with Crippen LogP contribution >= 0.6 is 0 Å². The second-order valence-electron chi connectivity index (χ2n) is 7.14. The van der Waals surface area contributed by atoms with Crippen LogP contribution in [0.2, 0.25) is 0 Å². The molecule has 1 aromatic carbocycles. The number of nitrogens with one attached hydrogen (secondary N) is 3.